The summed E-state index contributed by atoms with van der Waals surface area (Å²) in [5, 5.41) is 2.73. The third-order valence-corrected chi connectivity index (χ3v) is 5.16. The van der Waals surface area contributed by atoms with Gasteiger partial charge < -0.3 is 9.73 Å². The molecule has 2 aromatic carbocycles. The van der Waals surface area contributed by atoms with Gasteiger partial charge in [-0.05, 0) is 30.3 Å². The third-order valence-electron chi connectivity index (χ3n) is 3.49. The van der Waals surface area contributed by atoms with Crippen LogP contribution in [-0.2, 0) is 20.4 Å². The maximum atomic E-state index is 13.5. The highest BCUT2D eigenvalue weighted by molar-refractivity contribution is 7.91. The normalized spacial score (nSPS) is 11.3. The largest absolute Gasteiger partial charge is 0.444 e. The van der Waals surface area contributed by atoms with Crippen LogP contribution < -0.4 is 5.32 Å². The number of rotatable bonds is 6. The number of amides is 1. The van der Waals surface area contributed by atoms with Crippen molar-refractivity contribution in [3.8, 4) is 11.5 Å². The lowest BCUT2D eigenvalue weighted by atomic mass is 10.2. The Bertz CT molecular complexity index is 1080. The molecule has 1 amide bonds. The summed E-state index contributed by atoms with van der Waals surface area (Å²) in [5.41, 5.74) is 0.675. The lowest BCUT2D eigenvalue weighted by Crippen LogP contribution is -2.24. The number of para-hydroxylation sites is 1. The molecule has 0 unspecified atom stereocenters. The fourth-order valence-corrected chi connectivity index (χ4v) is 3.70. The van der Waals surface area contributed by atoms with Crippen LogP contribution in [0.25, 0.3) is 11.5 Å². The zero-order valence-electron chi connectivity index (χ0n) is 13.9. The van der Waals surface area contributed by atoms with Crippen LogP contribution in [0.1, 0.15) is 5.69 Å². The van der Waals surface area contributed by atoms with E-state index in [9.17, 15) is 17.6 Å². The van der Waals surface area contributed by atoms with Crippen molar-refractivity contribution in [1.29, 1.82) is 0 Å². The van der Waals surface area contributed by atoms with E-state index in [4.69, 9.17) is 16.0 Å². The molecule has 0 spiro atoms. The van der Waals surface area contributed by atoms with Crippen molar-refractivity contribution in [2.75, 3.05) is 11.1 Å². The number of oxazole rings is 1. The Morgan fingerprint density at radius 3 is 2.70 bits per heavy atom. The molecule has 3 aromatic rings. The topological polar surface area (TPSA) is 89.3 Å². The average Bonchev–Trinajstić information content (AvgIpc) is 3.04. The number of anilines is 1. The molecule has 1 N–H and O–H groups in total. The minimum Gasteiger partial charge on any atom is -0.444 e. The maximum absolute atomic E-state index is 13.5. The van der Waals surface area contributed by atoms with E-state index in [-0.39, 0.29) is 17.3 Å². The van der Waals surface area contributed by atoms with Crippen LogP contribution in [0.3, 0.4) is 0 Å². The molecule has 0 bridgehead atoms. The highest BCUT2D eigenvalue weighted by atomic mass is 35.5. The monoisotopic (exact) mass is 408 g/mol. The lowest BCUT2D eigenvalue weighted by Gasteiger charge is -2.06. The van der Waals surface area contributed by atoms with Gasteiger partial charge in [0.25, 0.3) is 0 Å². The zero-order valence-corrected chi connectivity index (χ0v) is 15.4. The molecule has 27 heavy (non-hydrogen) atoms. The Hall–Kier alpha value is -2.71. The van der Waals surface area contributed by atoms with Crippen molar-refractivity contribution in [1.82, 2.24) is 4.98 Å². The van der Waals surface area contributed by atoms with Crippen LogP contribution in [-0.4, -0.2) is 25.1 Å². The lowest BCUT2D eigenvalue weighted by molar-refractivity contribution is -0.113. The second-order valence-corrected chi connectivity index (χ2v) is 8.22. The second kappa shape index (κ2) is 7.89. The van der Waals surface area contributed by atoms with E-state index in [0.29, 0.717) is 10.6 Å². The van der Waals surface area contributed by atoms with Gasteiger partial charge in [-0.2, -0.15) is 0 Å². The molecule has 140 valence electrons. The summed E-state index contributed by atoms with van der Waals surface area (Å²) in [6.45, 7) is 0. The van der Waals surface area contributed by atoms with Gasteiger partial charge in [-0.3, -0.25) is 4.79 Å². The Balaban J connectivity index is 1.66. The predicted molar refractivity (Wildman–Crippen MR) is 99.5 cm³/mol. The fourth-order valence-electron chi connectivity index (χ4n) is 2.35. The number of aromatic nitrogens is 1. The Labute approximate surface area is 159 Å². The van der Waals surface area contributed by atoms with Crippen LogP contribution in [0.15, 0.2) is 59.2 Å². The van der Waals surface area contributed by atoms with Crippen molar-refractivity contribution in [2.24, 2.45) is 0 Å². The van der Waals surface area contributed by atoms with Gasteiger partial charge in [0, 0.05) is 10.6 Å². The van der Waals surface area contributed by atoms with Gasteiger partial charge in [0.15, 0.2) is 9.84 Å². The predicted octanol–water partition coefficient (Wildman–Crippen LogP) is 3.69. The summed E-state index contributed by atoms with van der Waals surface area (Å²) in [6, 6.07) is 12.2. The Morgan fingerprint density at radius 2 is 1.96 bits per heavy atom. The second-order valence-electron chi connectivity index (χ2n) is 5.71. The summed E-state index contributed by atoms with van der Waals surface area (Å²) >= 11 is 5.91. The molecule has 1 heterocycles. The van der Waals surface area contributed by atoms with E-state index in [0.717, 1.165) is 6.07 Å². The van der Waals surface area contributed by atoms with Crippen LogP contribution in [0.5, 0.6) is 0 Å². The molecule has 0 aliphatic carbocycles. The first-order valence-corrected chi connectivity index (χ1v) is 9.97. The van der Waals surface area contributed by atoms with Gasteiger partial charge in [-0.25, -0.2) is 17.8 Å². The highest BCUT2D eigenvalue weighted by Gasteiger charge is 2.20. The van der Waals surface area contributed by atoms with Crippen LogP contribution in [0.2, 0.25) is 5.02 Å². The molecule has 1 aromatic heterocycles. The van der Waals surface area contributed by atoms with Crippen molar-refractivity contribution in [2.45, 2.75) is 5.75 Å². The number of nitrogens with one attached hydrogen (secondary N) is 1. The minimum absolute atomic E-state index is 0.0811. The SMILES string of the molecule is O=C(CS(=O)(=O)Cc1coc(-c2cccc(Cl)c2)n1)Nc1ccccc1F. The molecule has 0 aliphatic rings. The van der Waals surface area contributed by atoms with Gasteiger partial charge in [-0.1, -0.05) is 29.8 Å². The van der Waals surface area contributed by atoms with Gasteiger partial charge in [0.2, 0.25) is 11.8 Å². The summed E-state index contributed by atoms with van der Waals surface area (Å²) in [4.78, 5) is 16.0. The smallest absolute Gasteiger partial charge is 0.239 e. The number of hydrogen-bond acceptors (Lipinski definition) is 5. The standard InChI is InChI=1S/C18H14ClFN2O4S/c19-13-5-3-4-12(8-13)18-21-14(9-26-18)10-27(24,25)11-17(23)22-16-7-2-1-6-15(16)20/h1-9H,10-11H2,(H,22,23). The number of hydrogen-bond donors (Lipinski definition) is 1. The summed E-state index contributed by atoms with van der Waals surface area (Å²) in [5.74, 6) is -2.55. The molecule has 0 atom stereocenters. The molecular weight excluding hydrogens is 395 g/mol. The van der Waals surface area contributed by atoms with E-state index in [1.807, 2.05) is 0 Å². The summed E-state index contributed by atoms with van der Waals surface area (Å²) < 4.78 is 43.3. The number of sulfone groups is 1. The minimum atomic E-state index is -3.83. The molecule has 0 fully saturated rings. The van der Waals surface area contributed by atoms with Gasteiger partial charge in [0.05, 0.1) is 17.1 Å². The maximum Gasteiger partial charge on any atom is 0.239 e. The number of nitrogens with zero attached hydrogens (tertiary/aromatic N) is 1. The van der Waals surface area contributed by atoms with Crippen molar-refractivity contribution >= 4 is 33.0 Å². The van der Waals surface area contributed by atoms with Gasteiger partial charge in [0.1, 0.15) is 17.8 Å². The highest BCUT2D eigenvalue weighted by Crippen LogP contribution is 2.22. The number of halogens is 2. The first-order chi connectivity index (χ1) is 12.8. The van der Waals surface area contributed by atoms with Gasteiger partial charge >= 0.3 is 0 Å². The first-order valence-electron chi connectivity index (χ1n) is 7.77. The van der Waals surface area contributed by atoms with Crippen molar-refractivity contribution in [3.63, 3.8) is 0 Å². The molecule has 3 rings (SSSR count). The molecule has 0 aliphatic heterocycles. The van der Waals surface area contributed by atoms with E-state index >= 15 is 0 Å². The van der Waals surface area contributed by atoms with E-state index in [1.165, 1.54) is 24.5 Å². The summed E-state index contributed by atoms with van der Waals surface area (Å²) in [6.07, 6.45) is 1.21. The molecule has 0 saturated heterocycles. The number of benzene rings is 2. The summed E-state index contributed by atoms with van der Waals surface area (Å²) in [7, 11) is -3.83. The van der Waals surface area contributed by atoms with E-state index < -0.39 is 33.1 Å². The number of carbonyl (C=O) groups is 1. The van der Waals surface area contributed by atoms with Crippen molar-refractivity contribution < 1.29 is 22.0 Å². The van der Waals surface area contributed by atoms with E-state index in [2.05, 4.69) is 10.3 Å². The molecule has 0 radical (unpaired) electrons. The van der Waals surface area contributed by atoms with E-state index in [1.54, 1.807) is 24.3 Å². The molecule has 6 nitrogen and oxygen atoms in total. The number of carbonyl (C=O) groups excluding carboxylic acids is 1. The quantitative estimate of drug-likeness (QED) is 0.671. The van der Waals surface area contributed by atoms with Crippen LogP contribution >= 0.6 is 11.6 Å². The third kappa shape index (κ3) is 5.15. The van der Waals surface area contributed by atoms with Crippen molar-refractivity contribution in [3.05, 3.63) is 71.3 Å². The fraction of sp³-hybridized carbons (Fsp3) is 0.111. The van der Waals surface area contributed by atoms with Gasteiger partial charge in [-0.15, -0.1) is 0 Å². The molecule has 9 heteroatoms. The Morgan fingerprint density at radius 1 is 1.19 bits per heavy atom. The molecule has 0 saturated carbocycles. The Kier molecular flexibility index (Phi) is 5.57. The van der Waals surface area contributed by atoms with Crippen LogP contribution in [0, 0.1) is 5.82 Å². The zero-order chi connectivity index (χ0) is 19.4. The first kappa shape index (κ1) is 19.1. The molecular formula is C18H14ClFN2O4S. The average molecular weight is 409 g/mol. The van der Waals surface area contributed by atoms with Crippen LogP contribution in [0.4, 0.5) is 10.1 Å².